The molecular formula is C15H20N2O4. The maximum Gasteiger partial charge on any atom is 0.308 e. The Balaban J connectivity index is 1.93. The molecule has 0 saturated carbocycles. The van der Waals surface area contributed by atoms with Crippen LogP contribution in [0, 0.1) is 6.92 Å². The lowest BCUT2D eigenvalue weighted by molar-refractivity contribution is -0.149. The van der Waals surface area contributed by atoms with Gasteiger partial charge in [-0.05, 0) is 18.6 Å². The third kappa shape index (κ3) is 4.26. The van der Waals surface area contributed by atoms with Gasteiger partial charge in [-0.1, -0.05) is 6.07 Å². The van der Waals surface area contributed by atoms with Crippen LogP contribution < -0.4 is 0 Å². The number of pyridine rings is 1. The first kappa shape index (κ1) is 15.4. The summed E-state index contributed by atoms with van der Waals surface area (Å²) in [5.74, 6) is -0.315. The number of carbonyl (C=O) groups is 2. The molecule has 1 saturated heterocycles. The van der Waals surface area contributed by atoms with Gasteiger partial charge in [0.25, 0.3) is 0 Å². The topological polar surface area (TPSA) is 68.7 Å². The monoisotopic (exact) mass is 292 g/mol. The molecule has 0 N–H and O–H groups in total. The van der Waals surface area contributed by atoms with Crippen LogP contribution in [0.1, 0.15) is 17.7 Å². The number of morpholine rings is 1. The van der Waals surface area contributed by atoms with Gasteiger partial charge in [-0.2, -0.15) is 0 Å². The van der Waals surface area contributed by atoms with Gasteiger partial charge in [0.15, 0.2) is 0 Å². The Morgan fingerprint density at radius 3 is 3.05 bits per heavy atom. The van der Waals surface area contributed by atoms with Crippen LogP contribution in [0.3, 0.4) is 0 Å². The van der Waals surface area contributed by atoms with E-state index in [0.717, 1.165) is 11.3 Å². The average molecular weight is 292 g/mol. The molecule has 6 heteroatoms. The molecule has 0 radical (unpaired) electrons. The van der Waals surface area contributed by atoms with Crippen molar-refractivity contribution in [3.63, 3.8) is 0 Å². The fourth-order valence-electron chi connectivity index (χ4n) is 2.30. The van der Waals surface area contributed by atoms with Crippen LogP contribution in [0.5, 0.6) is 0 Å². The second kappa shape index (κ2) is 7.17. The number of ether oxygens (including phenoxy) is 2. The van der Waals surface area contributed by atoms with Crippen molar-refractivity contribution in [1.29, 1.82) is 0 Å². The highest BCUT2D eigenvalue weighted by atomic mass is 16.5. The SMILES string of the molecule is COC(=O)CC1CN(C(=O)Cc2ncccc2C)CCO1. The van der Waals surface area contributed by atoms with E-state index in [9.17, 15) is 9.59 Å². The van der Waals surface area contributed by atoms with Crippen molar-refractivity contribution in [1.82, 2.24) is 9.88 Å². The average Bonchev–Trinajstić information content (AvgIpc) is 2.49. The van der Waals surface area contributed by atoms with Gasteiger partial charge in [-0.3, -0.25) is 14.6 Å². The van der Waals surface area contributed by atoms with Crippen LogP contribution in [0.4, 0.5) is 0 Å². The predicted octanol–water partition coefficient (Wildman–Crippen LogP) is 0.723. The first-order chi connectivity index (χ1) is 10.1. The van der Waals surface area contributed by atoms with Gasteiger partial charge in [0, 0.05) is 19.3 Å². The zero-order valence-electron chi connectivity index (χ0n) is 12.4. The first-order valence-electron chi connectivity index (χ1n) is 6.97. The second-order valence-electron chi connectivity index (χ2n) is 5.06. The van der Waals surface area contributed by atoms with Crippen LogP contribution >= 0.6 is 0 Å². The van der Waals surface area contributed by atoms with Gasteiger partial charge in [0.05, 0.1) is 38.4 Å². The summed E-state index contributed by atoms with van der Waals surface area (Å²) in [6.45, 7) is 3.34. The van der Waals surface area contributed by atoms with Crippen LogP contribution in [-0.2, 0) is 25.5 Å². The molecule has 0 aromatic carbocycles. The molecule has 1 aliphatic heterocycles. The largest absolute Gasteiger partial charge is 0.469 e. The Kier molecular flexibility index (Phi) is 5.27. The highest BCUT2D eigenvalue weighted by Gasteiger charge is 2.26. The van der Waals surface area contributed by atoms with Crippen molar-refractivity contribution >= 4 is 11.9 Å². The molecule has 1 aliphatic rings. The molecule has 1 amide bonds. The molecule has 0 bridgehead atoms. The summed E-state index contributed by atoms with van der Waals surface area (Å²) < 4.78 is 10.1. The predicted molar refractivity (Wildman–Crippen MR) is 75.6 cm³/mol. The van der Waals surface area contributed by atoms with Crippen LogP contribution in [0.15, 0.2) is 18.3 Å². The fraction of sp³-hybridized carbons (Fsp3) is 0.533. The molecule has 6 nitrogen and oxygen atoms in total. The summed E-state index contributed by atoms with van der Waals surface area (Å²) in [5.41, 5.74) is 1.80. The van der Waals surface area contributed by atoms with Gasteiger partial charge in [-0.15, -0.1) is 0 Å². The van der Waals surface area contributed by atoms with Crippen molar-refractivity contribution in [3.05, 3.63) is 29.6 Å². The lowest BCUT2D eigenvalue weighted by atomic mass is 10.1. The van der Waals surface area contributed by atoms with Gasteiger partial charge < -0.3 is 14.4 Å². The van der Waals surface area contributed by atoms with Gasteiger partial charge in [0.2, 0.25) is 5.91 Å². The Labute approximate surface area is 124 Å². The normalized spacial score (nSPS) is 18.4. The Morgan fingerprint density at radius 1 is 1.52 bits per heavy atom. The summed E-state index contributed by atoms with van der Waals surface area (Å²) in [6.07, 6.45) is 1.84. The first-order valence-corrected chi connectivity index (χ1v) is 6.97. The quantitative estimate of drug-likeness (QED) is 0.765. The fourth-order valence-corrected chi connectivity index (χ4v) is 2.30. The molecule has 1 unspecified atom stereocenters. The third-order valence-electron chi connectivity index (χ3n) is 3.55. The van der Waals surface area contributed by atoms with Crippen molar-refractivity contribution in [2.75, 3.05) is 26.8 Å². The van der Waals surface area contributed by atoms with E-state index in [0.29, 0.717) is 19.7 Å². The highest BCUT2D eigenvalue weighted by molar-refractivity contribution is 5.79. The van der Waals surface area contributed by atoms with Gasteiger partial charge >= 0.3 is 5.97 Å². The summed E-state index contributed by atoms with van der Waals surface area (Å²) in [4.78, 5) is 29.6. The maximum absolute atomic E-state index is 12.3. The Hall–Kier alpha value is -1.95. The number of aryl methyl sites for hydroxylation is 1. The molecule has 1 aromatic heterocycles. The van der Waals surface area contributed by atoms with E-state index in [1.54, 1.807) is 11.1 Å². The lowest BCUT2D eigenvalue weighted by Gasteiger charge is -2.32. The van der Waals surface area contributed by atoms with Crippen molar-refractivity contribution in [2.24, 2.45) is 0 Å². The number of aromatic nitrogens is 1. The Bertz CT molecular complexity index is 518. The molecule has 1 atom stereocenters. The minimum absolute atomic E-state index is 0.00923. The summed E-state index contributed by atoms with van der Waals surface area (Å²) in [7, 11) is 1.35. The number of hydrogen-bond acceptors (Lipinski definition) is 5. The minimum Gasteiger partial charge on any atom is -0.469 e. The van der Waals surface area contributed by atoms with Crippen LogP contribution in [-0.4, -0.2) is 54.7 Å². The molecule has 1 fully saturated rings. The van der Waals surface area contributed by atoms with Crippen molar-refractivity contribution < 1.29 is 19.1 Å². The second-order valence-corrected chi connectivity index (χ2v) is 5.06. The number of hydrogen-bond donors (Lipinski definition) is 0. The van der Waals surface area contributed by atoms with Crippen LogP contribution in [0.25, 0.3) is 0 Å². The molecule has 0 spiro atoms. The van der Waals surface area contributed by atoms with E-state index in [1.165, 1.54) is 7.11 Å². The number of nitrogens with zero attached hydrogens (tertiary/aromatic N) is 2. The number of rotatable bonds is 4. The Morgan fingerprint density at radius 2 is 2.33 bits per heavy atom. The molecule has 2 rings (SSSR count). The molecular weight excluding hydrogens is 272 g/mol. The molecule has 21 heavy (non-hydrogen) atoms. The van der Waals surface area contributed by atoms with Gasteiger partial charge in [-0.25, -0.2) is 0 Å². The molecule has 0 aliphatic carbocycles. The van der Waals surface area contributed by atoms with E-state index >= 15 is 0 Å². The lowest BCUT2D eigenvalue weighted by Crippen LogP contribution is -2.47. The van der Waals surface area contributed by atoms with E-state index in [-0.39, 0.29) is 30.8 Å². The molecule has 2 heterocycles. The van der Waals surface area contributed by atoms with Crippen molar-refractivity contribution in [2.45, 2.75) is 25.9 Å². The standard InChI is InChI=1S/C15H20N2O4/c1-11-4-3-5-16-13(11)9-14(18)17-6-7-21-12(10-17)8-15(19)20-2/h3-5,12H,6-10H2,1-2H3. The van der Waals surface area contributed by atoms with E-state index < -0.39 is 0 Å². The van der Waals surface area contributed by atoms with E-state index in [4.69, 9.17) is 4.74 Å². The molecule has 114 valence electrons. The highest BCUT2D eigenvalue weighted by Crippen LogP contribution is 2.12. The third-order valence-corrected chi connectivity index (χ3v) is 3.55. The number of amides is 1. The number of esters is 1. The molecule has 1 aromatic rings. The maximum atomic E-state index is 12.3. The zero-order chi connectivity index (χ0) is 15.2. The number of carbonyl (C=O) groups excluding carboxylic acids is 2. The van der Waals surface area contributed by atoms with E-state index in [1.807, 2.05) is 19.1 Å². The summed E-state index contributed by atoms with van der Waals surface area (Å²) in [6, 6.07) is 3.79. The number of methoxy groups -OCH3 is 1. The van der Waals surface area contributed by atoms with Gasteiger partial charge in [0.1, 0.15) is 0 Å². The summed E-state index contributed by atoms with van der Waals surface area (Å²) >= 11 is 0. The zero-order valence-corrected chi connectivity index (χ0v) is 12.4. The van der Waals surface area contributed by atoms with E-state index in [2.05, 4.69) is 9.72 Å². The smallest absolute Gasteiger partial charge is 0.308 e. The van der Waals surface area contributed by atoms with Crippen LogP contribution in [0.2, 0.25) is 0 Å². The summed E-state index contributed by atoms with van der Waals surface area (Å²) in [5, 5.41) is 0. The van der Waals surface area contributed by atoms with Crippen molar-refractivity contribution in [3.8, 4) is 0 Å². The minimum atomic E-state index is -0.324.